The number of imidazole rings is 1. The predicted molar refractivity (Wildman–Crippen MR) is 136 cm³/mol. The molecule has 2 aromatic heterocycles. The van der Waals surface area contributed by atoms with E-state index in [4.69, 9.17) is 5.10 Å². The normalized spacial score (nSPS) is 14.0. The number of aromatic nitrogens is 3. The molecule has 1 aromatic carbocycles. The summed E-state index contributed by atoms with van der Waals surface area (Å²) in [7, 11) is 0. The fourth-order valence-corrected chi connectivity index (χ4v) is 4.03. The van der Waals surface area contributed by atoms with Gasteiger partial charge in [-0.25, -0.2) is 9.50 Å². The van der Waals surface area contributed by atoms with E-state index in [9.17, 15) is 9.90 Å². The minimum absolute atomic E-state index is 0.0584. The van der Waals surface area contributed by atoms with Gasteiger partial charge in [0, 0.05) is 36.3 Å². The number of amides is 1. The second kappa shape index (κ2) is 9.85. The summed E-state index contributed by atoms with van der Waals surface area (Å²) < 4.78 is 1.82. The Labute approximate surface area is 200 Å². The Hall–Kier alpha value is -3.39. The average molecular weight is 463 g/mol. The zero-order valence-corrected chi connectivity index (χ0v) is 20.4. The summed E-state index contributed by atoms with van der Waals surface area (Å²) in [6, 6.07) is 8.04. The van der Waals surface area contributed by atoms with Gasteiger partial charge in [0.05, 0.1) is 23.2 Å². The summed E-state index contributed by atoms with van der Waals surface area (Å²) in [6.45, 7) is 8.53. The fourth-order valence-electron chi connectivity index (χ4n) is 4.03. The second-order valence-corrected chi connectivity index (χ2v) is 9.56. The molecule has 3 aromatic rings. The molecule has 34 heavy (non-hydrogen) atoms. The van der Waals surface area contributed by atoms with Gasteiger partial charge in [-0.1, -0.05) is 25.1 Å². The number of aryl methyl sites for hydroxylation is 1. The van der Waals surface area contributed by atoms with Crippen LogP contribution in [-0.4, -0.2) is 50.3 Å². The van der Waals surface area contributed by atoms with Crippen LogP contribution in [0.1, 0.15) is 56.0 Å². The van der Waals surface area contributed by atoms with Crippen molar-refractivity contribution in [2.45, 2.75) is 58.6 Å². The highest BCUT2D eigenvalue weighted by Crippen LogP contribution is 2.28. The smallest absolute Gasteiger partial charge is 0.251 e. The number of anilines is 2. The van der Waals surface area contributed by atoms with Crippen LogP contribution in [0.4, 0.5) is 11.5 Å². The SMILES string of the molecule is CCCNC(=O)c1ccc(-c2cnc3c(NCC(C)(C)O)cc(NC4CC=CC4)nn23)cc1C. The summed E-state index contributed by atoms with van der Waals surface area (Å²) in [5.41, 5.74) is 3.93. The molecule has 1 aliphatic carbocycles. The van der Waals surface area contributed by atoms with E-state index in [-0.39, 0.29) is 5.91 Å². The maximum atomic E-state index is 12.5. The molecule has 4 N–H and O–H groups in total. The zero-order chi connectivity index (χ0) is 24.3. The second-order valence-electron chi connectivity index (χ2n) is 9.56. The maximum absolute atomic E-state index is 12.5. The average Bonchev–Trinajstić information content (AvgIpc) is 3.45. The third kappa shape index (κ3) is 5.39. The number of nitrogens with zero attached hydrogens (tertiary/aromatic N) is 3. The van der Waals surface area contributed by atoms with Crippen molar-refractivity contribution < 1.29 is 9.90 Å². The Balaban J connectivity index is 1.71. The van der Waals surface area contributed by atoms with Crippen LogP contribution in [0.25, 0.3) is 16.9 Å². The van der Waals surface area contributed by atoms with Crippen molar-refractivity contribution in [3.63, 3.8) is 0 Å². The Morgan fingerprint density at radius 1 is 1.24 bits per heavy atom. The van der Waals surface area contributed by atoms with Crippen LogP contribution >= 0.6 is 0 Å². The number of fused-ring (bicyclic) bond motifs is 1. The van der Waals surface area contributed by atoms with Gasteiger partial charge in [-0.3, -0.25) is 4.79 Å². The number of benzene rings is 1. The molecule has 0 saturated carbocycles. The Morgan fingerprint density at radius 3 is 2.68 bits per heavy atom. The Kier molecular flexibility index (Phi) is 6.88. The van der Waals surface area contributed by atoms with Crippen molar-refractivity contribution in [2.24, 2.45) is 0 Å². The molecule has 4 rings (SSSR count). The first-order valence-corrected chi connectivity index (χ1v) is 11.9. The van der Waals surface area contributed by atoms with E-state index in [0.29, 0.717) is 30.3 Å². The predicted octanol–water partition coefficient (Wildman–Crippen LogP) is 4.16. The van der Waals surface area contributed by atoms with Crippen LogP contribution in [0.15, 0.2) is 42.6 Å². The Bertz CT molecular complexity index is 1200. The van der Waals surface area contributed by atoms with Gasteiger partial charge in [0.1, 0.15) is 5.82 Å². The van der Waals surface area contributed by atoms with E-state index in [0.717, 1.165) is 47.6 Å². The molecular formula is C26H34N6O2. The molecule has 0 unspecified atom stereocenters. The van der Waals surface area contributed by atoms with Gasteiger partial charge in [-0.05, 0) is 57.7 Å². The van der Waals surface area contributed by atoms with Gasteiger partial charge in [-0.2, -0.15) is 0 Å². The van der Waals surface area contributed by atoms with Crippen molar-refractivity contribution in [1.82, 2.24) is 19.9 Å². The van der Waals surface area contributed by atoms with Crippen LogP contribution in [0.5, 0.6) is 0 Å². The standard InChI is InChI=1S/C26H34N6O2/c1-5-12-27-25(33)20-11-10-18(13-17(20)2)22-15-28-24-21(29-16-26(3,4)34)14-23(31-32(22)24)30-19-8-6-7-9-19/h6-7,10-11,13-15,19,29,34H,5,8-9,12,16H2,1-4H3,(H,27,33)(H,30,31). The first-order chi connectivity index (χ1) is 16.2. The van der Waals surface area contributed by atoms with E-state index >= 15 is 0 Å². The highest BCUT2D eigenvalue weighted by atomic mass is 16.3. The molecular weight excluding hydrogens is 428 g/mol. The van der Waals surface area contributed by atoms with Gasteiger partial charge < -0.3 is 21.1 Å². The van der Waals surface area contributed by atoms with Crippen LogP contribution in [0.3, 0.4) is 0 Å². The maximum Gasteiger partial charge on any atom is 0.251 e. The number of carbonyl (C=O) groups excluding carboxylic acids is 1. The summed E-state index contributed by atoms with van der Waals surface area (Å²) in [5, 5.41) is 24.9. The molecule has 0 aliphatic heterocycles. The fraction of sp³-hybridized carbons (Fsp3) is 0.423. The molecule has 1 amide bonds. The van der Waals surface area contributed by atoms with Crippen LogP contribution in [-0.2, 0) is 0 Å². The number of carbonyl (C=O) groups is 1. The number of aliphatic hydroxyl groups is 1. The molecule has 0 radical (unpaired) electrons. The largest absolute Gasteiger partial charge is 0.389 e. The monoisotopic (exact) mass is 462 g/mol. The van der Waals surface area contributed by atoms with Gasteiger partial charge in [0.15, 0.2) is 5.65 Å². The first-order valence-electron chi connectivity index (χ1n) is 11.9. The summed E-state index contributed by atoms with van der Waals surface area (Å²) in [4.78, 5) is 17.1. The van der Waals surface area contributed by atoms with Crippen LogP contribution < -0.4 is 16.0 Å². The minimum Gasteiger partial charge on any atom is -0.389 e. The molecule has 0 saturated heterocycles. The molecule has 8 nitrogen and oxygen atoms in total. The molecule has 0 fully saturated rings. The summed E-state index contributed by atoms with van der Waals surface area (Å²) >= 11 is 0. The molecule has 1 aliphatic rings. The zero-order valence-electron chi connectivity index (χ0n) is 20.4. The lowest BCUT2D eigenvalue weighted by Gasteiger charge is -2.20. The van der Waals surface area contributed by atoms with E-state index in [1.165, 1.54) is 0 Å². The van der Waals surface area contributed by atoms with E-state index in [1.807, 2.05) is 42.6 Å². The number of hydrogen-bond acceptors (Lipinski definition) is 6. The molecule has 8 heteroatoms. The third-order valence-corrected chi connectivity index (χ3v) is 5.84. The molecule has 0 atom stereocenters. The van der Waals surface area contributed by atoms with Gasteiger partial charge >= 0.3 is 0 Å². The van der Waals surface area contributed by atoms with Crippen molar-refractivity contribution in [3.05, 3.63) is 53.7 Å². The molecule has 2 heterocycles. The summed E-state index contributed by atoms with van der Waals surface area (Å²) in [6.07, 6.45) is 8.96. The quantitative estimate of drug-likeness (QED) is 0.356. The lowest BCUT2D eigenvalue weighted by Crippen LogP contribution is -2.29. The van der Waals surface area contributed by atoms with Crippen LogP contribution in [0, 0.1) is 6.92 Å². The van der Waals surface area contributed by atoms with Crippen LogP contribution in [0.2, 0.25) is 0 Å². The lowest BCUT2D eigenvalue weighted by molar-refractivity contribution is 0.0941. The van der Waals surface area contributed by atoms with E-state index < -0.39 is 5.60 Å². The highest BCUT2D eigenvalue weighted by Gasteiger charge is 2.19. The molecule has 0 spiro atoms. The van der Waals surface area contributed by atoms with Gasteiger partial charge in [0.2, 0.25) is 0 Å². The topological polar surface area (TPSA) is 104 Å². The number of nitrogens with one attached hydrogen (secondary N) is 3. The number of rotatable bonds is 9. The minimum atomic E-state index is -0.871. The number of hydrogen-bond donors (Lipinski definition) is 4. The van der Waals surface area contributed by atoms with E-state index in [1.54, 1.807) is 20.0 Å². The van der Waals surface area contributed by atoms with Crippen molar-refractivity contribution in [2.75, 3.05) is 23.7 Å². The lowest BCUT2D eigenvalue weighted by atomic mass is 10.0. The first kappa shape index (κ1) is 23.8. The van der Waals surface area contributed by atoms with Crippen molar-refractivity contribution in [1.29, 1.82) is 0 Å². The van der Waals surface area contributed by atoms with E-state index in [2.05, 4.69) is 33.1 Å². The van der Waals surface area contributed by atoms with Crippen molar-refractivity contribution >= 4 is 23.1 Å². The van der Waals surface area contributed by atoms with Gasteiger partial charge in [-0.15, -0.1) is 5.10 Å². The Morgan fingerprint density at radius 2 is 2.00 bits per heavy atom. The highest BCUT2D eigenvalue weighted by molar-refractivity contribution is 5.96. The molecule has 0 bridgehead atoms. The third-order valence-electron chi connectivity index (χ3n) is 5.84. The van der Waals surface area contributed by atoms with Gasteiger partial charge in [0.25, 0.3) is 5.91 Å². The van der Waals surface area contributed by atoms with Crippen molar-refractivity contribution in [3.8, 4) is 11.3 Å². The summed E-state index contributed by atoms with van der Waals surface area (Å²) in [5.74, 6) is 0.683. The molecule has 180 valence electrons.